The van der Waals surface area contributed by atoms with E-state index < -0.39 is 0 Å². The van der Waals surface area contributed by atoms with E-state index >= 15 is 0 Å². The number of hydrogen-bond acceptors (Lipinski definition) is 9. The number of nitrogens with one attached hydrogen (secondary N) is 1. The van der Waals surface area contributed by atoms with Gasteiger partial charge in [-0.2, -0.15) is 4.80 Å². The highest BCUT2D eigenvalue weighted by molar-refractivity contribution is 5.94. The van der Waals surface area contributed by atoms with Crippen LogP contribution in [0.5, 0.6) is 0 Å². The Morgan fingerprint density at radius 1 is 1.05 bits per heavy atom. The first-order valence-corrected chi connectivity index (χ1v) is 13.6. The number of amides is 2. The molecular weight excluding hydrogens is 541 g/mol. The normalized spacial score (nSPS) is 14.7. The molecule has 42 heavy (non-hydrogen) atoms. The number of rotatable bonds is 7. The molecule has 4 heterocycles. The van der Waals surface area contributed by atoms with Crippen molar-refractivity contribution in [3.63, 3.8) is 0 Å². The maximum absolute atomic E-state index is 13.7. The molecule has 13 heteroatoms. The number of piperazine rings is 1. The van der Waals surface area contributed by atoms with E-state index in [1.807, 2.05) is 6.92 Å². The molecule has 0 spiro atoms. The van der Waals surface area contributed by atoms with Crippen molar-refractivity contribution in [3.8, 4) is 11.5 Å². The zero-order chi connectivity index (χ0) is 29.2. The Bertz CT molecular complexity index is 1740. The largest absolute Gasteiger partial charge is 0.436 e. The minimum absolute atomic E-state index is 0.178. The van der Waals surface area contributed by atoms with E-state index in [4.69, 9.17) is 4.42 Å². The van der Waals surface area contributed by atoms with Crippen molar-refractivity contribution in [2.24, 2.45) is 0 Å². The Labute approximate surface area is 240 Å². The van der Waals surface area contributed by atoms with Gasteiger partial charge in [0.2, 0.25) is 11.8 Å². The lowest BCUT2D eigenvalue weighted by atomic mass is 10.0. The van der Waals surface area contributed by atoms with Crippen LogP contribution in [0.25, 0.3) is 22.6 Å². The molecule has 2 aromatic carbocycles. The molecule has 1 atom stereocenters. The van der Waals surface area contributed by atoms with Gasteiger partial charge < -0.3 is 14.6 Å². The van der Waals surface area contributed by atoms with Gasteiger partial charge in [0.05, 0.1) is 12.6 Å². The van der Waals surface area contributed by atoms with E-state index in [1.54, 1.807) is 53.6 Å². The van der Waals surface area contributed by atoms with Crippen molar-refractivity contribution in [1.29, 1.82) is 0 Å². The number of oxazole rings is 1. The first-order chi connectivity index (χ1) is 20.4. The van der Waals surface area contributed by atoms with Crippen LogP contribution in [0.4, 0.5) is 10.1 Å². The molecular formula is C29H28FN9O3. The van der Waals surface area contributed by atoms with Crippen molar-refractivity contribution in [2.45, 2.75) is 26.4 Å². The molecule has 0 saturated carbocycles. The Morgan fingerprint density at radius 3 is 2.55 bits per heavy atom. The molecule has 0 aliphatic carbocycles. The van der Waals surface area contributed by atoms with Crippen LogP contribution in [-0.2, 0) is 11.3 Å². The second-order valence-corrected chi connectivity index (χ2v) is 9.93. The van der Waals surface area contributed by atoms with Crippen LogP contribution in [0, 0.1) is 5.82 Å². The summed E-state index contributed by atoms with van der Waals surface area (Å²) in [6.45, 7) is 5.97. The fraction of sp³-hybridized carbons (Fsp3) is 0.276. The summed E-state index contributed by atoms with van der Waals surface area (Å²) in [6.07, 6.45) is 1.56. The number of hydrogen-bond donors (Lipinski definition) is 1. The van der Waals surface area contributed by atoms with Crippen LogP contribution >= 0.6 is 0 Å². The monoisotopic (exact) mass is 569 g/mol. The number of fused-ring (bicyclic) bond motifs is 1. The molecule has 0 radical (unpaired) electrons. The number of carbonyl (C=O) groups excluding carboxylic acids is 2. The van der Waals surface area contributed by atoms with Gasteiger partial charge in [0, 0.05) is 50.6 Å². The molecule has 1 fully saturated rings. The predicted octanol–water partition coefficient (Wildman–Crippen LogP) is 3.54. The zero-order valence-corrected chi connectivity index (χ0v) is 23.1. The Balaban J connectivity index is 1.18. The average Bonchev–Trinajstić information content (AvgIpc) is 3.65. The van der Waals surface area contributed by atoms with Crippen LogP contribution in [0.3, 0.4) is 0 Å². The van der Waals surface area contributed by atoms with Crippen molar-refractivity contribution in [1.82, 2.24) is 40.0 Å². The highest BCUT2D eigenvalue weighted by Gasteiger charge is 2.32. The molecule has 1 aliphatic rings. The number of tetrazole rings is 1. The Morgan fingerprint density at radius 2 is 1.83 bits per heavy atom. The van der Waals surface area contributed by atoms with Gasteiger partial charge in [-0.05, 0) is 60.2 Å². The molecule has 2 amide bonds. The SMILES string of the molecule is CCn1nnc(C(c2ccc(F)cc2)N2CCN(C(=O)c3cc(-c4nc5cc(NC(C)=O)ccc5o4)ccn3)CC2)n1. The highest BCUT2D eigenvalue weighted by Crippen LogP contribution is 2.29. The van der Waals surface area contributed by atoms with Crippen LogP contribution in [0.1, 0.15) is 41.8 Å². The summed E-state index contributed by atoms with van der Waals surface area (Å²) in [5.41, 5.74) is 3.51. The maximum Gasteiger partial charge on any atom is 0.272 e. The molecule has 214 valence electrons. The number of anilines is 1. The lowest BCUT2D eigenvalue weighted by Gasteiger charge is -2.38. The third-order valence-corrected chi connectivity index (χ3v) is 7.08. The van der Waals surface area contributed by atoms with E-state index in [2.05, 4.69) is 35.6 Å². The van der Waals surface area contributed by atoms with Crippen LogP contribution in [-0.4, -0.2) is 78.0 Å². The van der Waals surface area contributed by atoms with Gasteiger partial charge in [0.25, 0.3) is 5.91 Å². The fourth-order valence-electron chi connectivity index (χ4n) is 5.02. The topological polar surface area (TPSA) is 135 Å². The first kappa shape index (κ1) is 27.1. The Hall–Kier alpha value is -5.04. The Kier molecular flexibility index (Phi) is 7.40. The molecule has 1 saturated heterocycles. The number of pyridine rings is 1. The van der Waals surface area contributed by atoms with E-state index in [0.717, 1.165) is 5.56 Å². The summed E-state index contributed by atoms with van der Waals surface area (Å²) >= 11 is 0. The molecule has 1 unspecified atom stereocenters. The maximum atomic E-state index is 13.7. The van der Waals surface area contributed by atoms with E-state index in [1.165, 1.54) is 23.9 Å². The lowest BCUT2D eigenvalue weighted by molar-refractivity contribution is -0.114. The molecule has 1 N–H and O–H groups in total. The summed E-state index contributed by atoms with van der Waals surface area (Å²) in [5, 5.41) is 15.6. The van der Waals surface area contributed by atoms with Crippen LogP contribution in [0.2, 0.25) is 0 Å². The number of aromatic nitrogens is 6. The summed E-state index contributed by atoms with van der Waals surface area (Å²) in [4.78, 5) is 39.2. The molecule has 6 rings (SSSR count). The average molecular weight is 570 g/mol. The van der Waals surface area contributed by atoms with Crippen molar-refractivity contribution in [3.05, 3.63) is 83.7 Å². The van der Waals surface area contributed by atoms with E-state index in [0.29, 0.717) is 66.8 Å². The second kappa shape index (κ2) is 11.4. The third-order valence-electron chi connectivity index (χ3n) is 7.08. The number of carbonyl (C=O) groups is 2. The van der Waals surface area contributed by atoms with Gasteiger partial charge in [0.15, 0.2) is 11.4 Å². The smallest absolute Gasteiger partial charge is 0.272 e. The van der Waals surface area contributed by atoms with Crippen LogP contribution in [0.15, 0.2) is 65.2 Å². The molecule has 3 aromatic heterocycles. The number of aryl methyl sites for hydroxylation is 1. The number of halogens is 1. The summed E-state index contributed by atoms with van der Waals surface area (Å²) in [7, 11) is 0. The minimum atomic E-state index is -0.324. The third kappa shape index (κ3) is 5.59. The first-order valence-electron chi connectivity index (χ1n) is 13.6. The van der Waals surface area contributed by atoms with Crippen LogP contribution < -0.4 is 5.32 Å². The van der Waals surface area contributed by atoms with Crippen molar-refractivity contribution < 1.29 is 18.4 Å². The fourth-order valence-corrected chi connectivity index (χ4v) is 5.02. The molecule has 1 aliphatic heterocycles. The highest BCUT2D eigenvalue weighted by atomic mass is 19.1. The summed E-state index contributed by atoms with van der Waals surface area (Å²) in [6, 6.07) is 14.6. The minimum Gasteiger partial charge on any atom is -0.436 e. The second-order valence-electron chi connectivity index (χ2n) is 9.93. The van der Waals surface area contributed by atoms with Gasteiger partial charge in [0.1, 0.15) is 17.0 Å². The summed E-state index contributed by atoms with van der Waals surface area (Å²) in [5.74, 6) is 0.179. The summed E-state index contributed by atoms with van der Waals surface area (Å²) < 4.78 is 19.6. The number of benzene rings is 2. The van der Waals surface area contributed by atoms with Crippen molar-refractivity contribution in [2.75, 3.05) is 31.5 Å². The van der Waals surface area contributed by atoms with Gasteiger partial charge in [-0.1, -0.05) is 12.1 Å². The molecule has 5 aromatic rings. The zero-order valence-electron chi connectivity index (χ0n) is 23.1. The number of nitrogens with zero attached hydrogens (tertiary/aromatic N) is 8. The van der Waals surface area contributed by atoms with Gasteiger partial charge in [-0.3, -0.25) is 19.5 Å². The standard InChI is InChI=1S/C29H28FN9O3/c1-3-39-35-27(34-36-39)26(19-4-6-21(30)7-5-19)37-12-14-38(15-13-37)29(41)24-16-20(10-11-31-24)28-33-23-17-22(32-18(2)40)8-9-25(23)42-28/h4-11,16-17,26H,3,12-15H2,1-2H3,(H,32,40). The van der Waals surface area contributed by atoms with Crippen molar-refractivity contribution >= 4 is 28.6 Å². The van der Waals surface area contributed by atoms with Gasteiger partial charge in [-0.15, -0.1) is 10.2 Å². The van der Waals surface area contributed by atoms with Gasteiger partial charge in [-0.25, -0.2) is 9.37 Å². The molecule has 12 nitrogen and oxygen atoms in total. The van der Waals surface area contributed by atoms with E-state index in [9.17, 15) is 14.0 Å². The lowest BCUT2D eigenvalue weighted by Crippen LogP contribution is -2.50. The van der Waals surface area contributed by atoms with E-state index in [-0.39, 0.29) is 29.4 Å². The predicted molar refractivity (Wildman–Crippen MR) is 151 cm³/mol. The molecule has 0 bridgehead atoms. The quantitative estimate of drug-likeness (QED) is 0.312. The van der Waals surface area contributed by atoms with Gasteiger partial charge >= 0.3 is 0 Å².